The summed E-state index contributed by atoms with van der Waals surface area (Å²) < 4.78 is 5.21. The van der Waals surface area contributed by atoms with Gasteiger partial charge in [-0.2, -0.15) is 0 Å². The first-order valence-corrected chi connectivity index (χ1v) is 10.6. The van der Waals surface area contributed by atoms with Crippen molar-refractivity contribution in [2.45, 2.75) is 52.8 Å². The summed E-state index contributed by atoms with van der Waals surface area (Å²) in [6.07, 6.45) is 0.461. The number of aromatic nitrogens is 1. The highest BCUT2D eigenvalue weighted by molar-refractivity contribution is 7.15. The molecular formula is C21H28N4O3S. The molecule has 7 nitrogen and oxygen atoms in total. The smallest absolute Gasteiger partial charge is 0.407 e. The number of ether oxygens (including phenoxy) is 1. The van der Waals surface area contributed by atoms with E-state index in [0.29, 0.717) is 17.2 Å². The van der Waals surface area contributed by atoms with Gasteiger partial charge in [0.05, 0.1) is 5.69 Å². The topological polar surface area (TPSA) is 83.6 Å². The second-order valence-electron chi connectivity index (χ2n) is 8.01. The first kappa shape index (κ1) is 21.3. The van der Waals surface area contributed by atoms with Crippen molar-refractivity contribution in [2.24, 2.45) is 0 Å². The number of amides is 2. The molecule has 2 heterocycles. The van der Waals surface area contributed by atoms with Crippen molar-refractivity contribution in [2.75, 3.05) is 18.4 Å². The lowest BCUT2D eigenvalue weighted by Crippen LogP contribution is -2.32. The Labute approximate surface area is 175 Å². The summed E-state index contributed by atoms with van der Waals surface area (Å²) in [4.78, 5) is 32.4. The molecule has 29 heavy (non-hydrogen) atoms. The maximum Gasteiger partial charge on any atom is 0.407 e. The molecule has 0 saturated heterocycles. The van der Waals surface area contributed by atoms with Crippen LogP contribution in [0.25, 0.3) is 0 Å². The predicted octanol–water partition coefficient (Wildman–Crippen LogP) is 3.80. The van der Waals surface area contributed by atoms with E-state index < -0.39 is 11.7 Å². The van der Waals surface area contributed by atoms with Crippen LogP contribution in [-0.2, 0) is 24.2 Å². The number of nitrogens with one attached hydrogen (secondary N) is 2. The van der Waals surface area contributed by atoms with Crippen LogP contribution in [0.5, 0.6) is 0 Å². The fraction of sp³-hybridized carbons (Fsp3) is 0.476. The average molecular weight is 417 g/mol. The molecule has 2 N–H and O–H groups in total. The normalized spacial score (nSPS) is 14.2. The van der Waals surface area contributed by atoms with Crippen LogP contribution in [0.1, 0.15) is 54.2 Å². The Morgan fingerprint density at radius 3 is 2.62 bits per heavy atom. The van der Waals surface area contributed by atoms with Gasteiger partial charge in [0.25, 0.3) is 5.91 Å². The van der Waals surface area contributed by atoms with Crippen LogP contribution in [0.2, 0.25) is 0 Å². The second-order valence-corrected chi connectivity index (χ2v) is 9.10. The number of rotatable bonds is 5. The molecule has 1 aliphatic rings. The summed E-state index contributed by atoms with van der Waals surface area (Å²) in [5.74, 6) is -0.185. The lowest BCUT2D eigenvalue weighted by molar-refractivity contribution is 0.0523. The van der Waals surface area contributed by atoms with Crippen LogP contribution in [0.4, 0.5) is 9.93 Å². The highest BCUT2D eigenvalue weighted by atomic mass is 32.1. The summed E-state index contributed by atoms with van der Waals surface area (Å²) >= 11 is 1.55. The summed E-state index contributed by atoms with van der Waals surface area (Å²) in [6.45, 7) is 10.9. The highest BCUT2D eigenvalue weighted by Gasteiger charge is 2.20. The van der Waals surface area contributed by atoms with Gasteiger partial charge in [0.2, 0.25) is 0 Å². The minimum Gasteiger partial charge on any atom is -0.444 e. The first-order chi connectivity index (χ1) is 13.7. The molecule has 156 valence electrons. The molecule has 0 saturated carbocycles. The van der Waals surface area contributed by atoms with Gasteiger partial charge >= 0.3 is 6.09 Å². The van der Waals surface area contributed by atoms with Crippen LogP contribution in [0, 0.1) is 0 Å². The summed E-state index contributed by atoms with van der Waals surface area (Å²) in [7, 11) is 0. The third kappa shape index (κ3) is 6.01. The van der Waals surface area contributed by atoms with Crippen LogP contribution < -0.4 is 10.6 Å². The Hall–Kier alpha value is -2.45. The van der Waals surface area contributed by atoms with E-state index in [1.807, 2.05) is 32.9 Å². The SMILES string of the molecule is CCN1CCc2nc(NC(=O)c3ccc(CNC(=O)OC(C)(C)C)cc3)sc2C1. The van der Waals surface area contributed by atoms with E-state index in [2.05, 4.69) is 27.4 Å². The maximum absolute atomic E-state index is 12.5. The molecule has 0 radical (unpaired) electrons. The van der Waals surface area contributed by atoms with E-state index >= 15 is 0 Å². The molecule has 0 unspecified atom stereocenters. The maximum atomic E-state index is 12.5. The van der Waals surface area contributed by atoms with Gasteiger partial charge in [-0.25, -0.2) is 9.78 Å². The number of fused-ring (bicyclic) bond motifs is 1. The van der Waals surface area contributed by atoms with Crippen LogP contribution >= 0.6 is 11.3 Å². The Morgan fingerprint density at radius 1 is 1.24 bits per heavy atom. The van der Waals surface area contributed by atoms with Gasteiger partial charge in [0, 0.05) is 36.5 Å². The number of anilines is 1. The zero-order valence-corrected chi connectivity index (χ0v) is 18.2. The molecule has 2 amide bonds. The number of thiazole rings is 1. The number of likely N-dealkylation sites (N-methyl/N-ethyl adjacent to an activating group) is 1. The average Bonchev–Trinajstić information content (AvgIpc) is 3.06. The zero-order chi connectivity index (χ0) is 21.0. The van der Waals surface area contributed by atoms with E-state index in [1.165, 1.54) is 4.88 Å². The molecule has 0 atom stereocenters. The van der Waals surface area contributed by atoms with E-state index in [9.17, 15) is 9.59 Å². The van der Waals surface area contributed by atoms with E-state index in [4.69, 9.17) is 4.74 Å². The molecule has 0 aliphatic carbocycles. The Bertz CT molecular complexity index is 871. The van der Waals surface area contributed by atoms with E-state index in [0.717, 1.165) is 37.3 Å². The number of carbonyl (C=O) groups is 2. The van der Waals surface area contributed by atoms with Gasteiger partial charge in [0.1, 0.15) is 5.60 Å². The third-order valence-corrected chi connectivity index (χ3v) is 5.53. The Morgan fingerprint density at radius 2 is 1.97 bits per heavy atom. The molecule has 1 aliphatic heterocycles. The number of nitrogens with zero attached hydrogens (tertiary/aromatic N) is 2. The number of benzene rings is 1. The van der Waals surface area contributed by atoms with Crippen molar-refractivity contribution < 1.29 is 14.3 Å². The number of carbonyl (C=O) groups excluding carboxylic acids is 2. The van der Waals surface area contributed by atoms with Crippen LogP contribution in [0.3, 0.4) is 0 Å². The van der Waals surface area contributed by atoms with Crippen LogP contribution in [-0.4, -0.2) is 40.6 Å². The minimum atomic E-state index is -0.532. The molecule has 0 spiro atoms. The Kier molecular flexibility index (Phi) is 6.54. The summed E-state index contributed by atoms with van der Waals surface area (Å²) in [5.41, 5.74) is 2.00. The standard InChI is InChI=1S/C21H28N4O3S/c1-5-25-11-10-16-17(13-25)29-19(23-16)24-18(26)15-8-6-14(7-9-15)12-22-20(27)28-21(2,3)4/h6-9H,5,10-13H2,1-4H3,(H,22,27)(H,23,24,26). The number of hydrogen-bond donors (Lipinski definition) is 2. The van der Waals surface area contributed by atoms with Gasteiger partial charge in [-0.15, -0.1) is 11.3 Å². The minimum absolute atomic E-state index is 0.185. The molecule has 1 aromatic carbocycles. The zero-order valence-electron chi connectivity index (χ0n) is 17.4. The first-order valence-electron chi connectivity index (χ1n) is 9.81. The predicted molar refractivity (Wildman–Crippen MR) is 114 cm³/mol. The summed E-state index contributed by atoms with van der Waals surface area (Å²) in [6, 6.07) is 7.12. The van der Waals surface area contributed by atoms with E-state index in [1.54, 1.807) is 23.5 Å². The fourth-order valence-corrected chi connectivity index (χ4v) is 4.05. The molecule has 8 heteroatoms. The van der Waals surface area contributed by atoms with Gasteiger partial charge in [-0.1, -0.05) is 19.1 Å². The van der Waals surface area contributed by atoms with Crippen molar-refractivity contribution in [1.29, 1.82) is 0 Å². The van der Waals surface area contributed by atoms with Gasteiger partial charge in [-0.05, 0) is 45.0 Å². The van der Waals surface area contributed by atoms with Gasteiger partial charge in [-0.3, -0.25) is 15.0 Å². The lowest BCUT2D eigenvalue weighted by Gasteiger charge is -2.23. The highest BCUT2D eigenvalue weighted by Crippen LogP contribution is 2.28. The molecule has 0 bridgehead atoms. The van der Waals surface area contributed by atoms with Crippen molar-refractivity contribution >= 4 is 28.5 Å². The van der Waals surface area contributed by atoms with Gasteiger partial charge < -0.3 is 10.1 Å². The largest absolute Gasteiger partial charge is 0.444 e. The van der Waals surface area contributed by atoms with Crippen LogP contribution in [0.15, 0.2) is 24.3 Å². The molecule has 2 aromatic rings. The number of hydrogen-bond acceptors (Lipinski definition) is 6. The van der Waals surface area contributed by atoms with Crippen molar-refractivity contribution in [3.05, 3.63) is 46.0 Å². The molecule has 1 aromatic heterocycles. The lowest BCUT2D eigenvalue weighted by atomic mass is 10.1. The number of alkyl carbamates (subject to hydrolysis) is 1. The molecule has 3 rings (SSSR count). The third-order valence-electron chi connectivity index (χ3n) is 4.53. The van der Waals surface area contributed by atoms with Crippen molar-refractivity contribution in [1.82, 2.24) is 15.2 Å². The quantitative estimate of drug-likeness (QED) is 0.775. The Balaban J connectivity index is 1.54. The van der Waals surface area contributed by atoms with Gasteiger partial charge in [0.15, 0.2) is 5.13 Å². The van der Waals surface area contributed by atoms with Crippen molar-refractivity contribution in [3.8, 4) is 0 Å². The molecule has 0 fully saturated rings. The monoisotopic (exact) mass is 416 g/mol. The summed E-state index contributed by atoms with van der Waals surface area (Å²) in [5, 5.41) is 6.26. The molecular weight excluding hydrogens is 388 g/mol. The van der Waals surface area contributed by atoms with E-state index in [-0.39, 0.29) is 5.91 Å². The van der Waals surface area contributed by atoms with Crippen molar-refractivity contribution in [3.63, 3.8) is 0 Å². The fourth-order valence-electron chi connectivity index (χ4n) is 3.00. The second kappa shape index (κ2) is 8.92.